The minimum absolute atomic E-state index is 0.0157. The third-order valence-electron chi connectivity index (χ3n) is 8.98. The van der Waals surface area contributed by atoms with Gasteiger partial charge in [-0.3, -0.25) is 23.9 Å². The molecule has 2 fully saturated rings. The summed E-state index contributed by atoms with van der Waals surface area (Å²) in [6, 6.07) is 4.32. The number of rotatable bonds is 11. The van der Waals surface area contributed by atoms with E-state index in [4.69, 9.17) is 0 Å². The quantitative estimate of drug-likeness (QED) is 0.352. The number of nitrogens with zero attached hydrogens (tertiary/aromatic N) is 4. The van der Waals surface area contributed by atoms with Gasteiger partial charge in [-0.05, 0) is 70.3 Å². The summed E-state index contributed by atoms with van der Waals surface area (Å²) in [5.74, 6) is -2.08. The van der Waals surface area contributed by atoms with Gasteiger partial charge in [-0.25, -0.2) is 4.39 Å². The number of nitrogens with one attached hydrogen (secondary N) is 3. The molecule has 1 saturated carbocycles. The van der Waals surface area contributed by atoms with E-state index in [0.29, 0.717) is 30.9 Å². The van der Waals surface area contributed by atoms with Crippen molar-refractivity contribution >= 4 is 29.3 Å². The molecule has 1 aromatic carbocycles. The molecule has 0 bridgehead atoms. The van der Waals surface area contributed by atoms with Crippen molar-refractivity contribution in [1.82, 2.24) is 30.2 Å². The zero-order chi connectivity index (χ0) is 32.7. The highest BCUT2D eigenvalue weighted by Gasteiger charge is 2.39. The fraction of sp³-hybridized carbons (Fsp3) is 0.606. The van der Waals surface area contributed by atoms with Crippen LogP contribution in [0.1, 0.15) is 82.3 Å². The van der Waals surface area contributed by atoms with Crippen molar-refractivity contribution in [1.29, 1.82) is 0 Å². The first-order chi connectivity index (χ1) is 21.4. The first-order valence-corrected chi connectivity index (χ1v) is 16.1. The second-order valence-electron chi connectivity index (χ2n) is 12.9. The number of hydrogen-bond donors (Lipinski definition) is 3. The van der Waals surface area contributed by atoms with Crippen LogP contribution in [0.2, 0.25) is 0 Å². The predicted molar refractivity (Wildman–Crippen MR) is 170 cm³/mol. The van der Waals surface area contributed by atoms with Crippen LogP contribution < -0.4 is 16.0 Å². The Balaban J connectivity index is 1.50. The maximum atomic E-state index is 15.5. The van der Waals surface area contributed by atoms with Crippen molar-refractivity contribution < 1.29 is 23.6 Å². The van der Waals surface area contributed by atoms with Crippen LogP contribution in [0.25, 0.3) is 0 Å². The van der Waals surface area contributed by atoms with Crippen molar-refractivity contribution in [2.45, 2.75) is 96.8 Å². The molecule has 2 heterocycles. The monoisotopic (exact) mass is 625 g/mol. The number of benzene rings is 1. The molecule has 0 unspecified atom stereocenters. The lowest BCUT2D eigenvalue weighted by atomic mass is 9.83. The van der Waals surface area contributed by atoms with Crippen molar-refractivity contribution in [2.75, 3.05) is 32.0 Å². The number of carbonyl (C=O) groups excluding carboxylic acids is 4. The number of amides is 4. The SMILES string of the molecule is CCC(=O)N[C@H](Cc1ccc(NC(=O)[C@@H](NC(=O)c2ccnn2CC)C2CCCCC2)c(F)c1)C(=O)N1CCN(C)CC1(C)C. The molecule has 4 rings (SSSR count). The van der Waals surface area contributed by atoms with Crippen molar-refractivity contribution in [3.63, 3.8) is 0 Å². The van der Waals surface area contributed by atoms with Gasteiger partial charge in [0.25, 0.3) is 5.91 Å². The highest BCUT2D eigenvalue weighted by molar-refractivity contribution is 6.00. The molecule has 3 N–H and O–H groups in total. The van der Waals surface area contributed by atoms with Crippen LogP contribution in [-0.2, 0) is 27.3 Å². The lowest BCUT2D eigenvalue weighted by Crippen LogP contribution is -2.64. The Morgan fingerprint density at radius 2 is 1.78 bits per heavy atom. The second-order valence-corrected chi connectivity index (χ2v) is 12.9. The van der Waals surface area contributed by atoms with E-state index >= 15 is 4.39 Å². The van der Waals surface area contributed by atoms with Gasteiger partial charge in [-0.15, -0.1) is 0 Å². The molecule has 0 radical (unpaired) electrons. The minimum Gasteiger partial charge on any atom is -0.344 e. The van der Waals surface area contributed by atoms with Crippen molar-refractivity contribution in [2.24, 2.45) is 5.92 Å². The van der Waals surface area contributed by atoms with Crippen LogP contribution in [0.4, 0.5) is 10.1 Å². The Morgan fingerprint density at radius 3 is 2.42 bits per heavy atom. The Morgan fingerprint density at radius 1 is 1.04 bits per heavy atom. The van der Waals surface area contributed by atoms with Gasteiger partial charge in [0.05, 0.1) is 11.2 Å². The van der Waals surface area contributed by atoms with Crippen molar-refractivity contribution in [3.8, 4) is 0 Å². The molecule has 2 atom stereocenters. The maximum Gasteiger partial charge on any atom is 0.270 e. The maximum absolute atomic E-state index is 15.5. The minimum atomic E-state index is -0.859. The molecular formula is C33H48FN7O4. The van der Waals surface area contributed by atoms with Gasteiger partial charge < -0.3 is 25.8 Å². The third-order valence-corrected chi connectivity index (χ3v) is 8.98. The van der Waals surface area contributed by atoms with Crippen LogP contribution in [0.15, 0.2) is 30.5 Å². The molecule has 1 saturated heterocycles. The van der Waals surface area contributed by atoms with Gasteiger partial charge in [0.2, 0.25) is 17.7 Å². The van der Waals surface area contributed by atoms with Crippen LogP contribution in [0, 0.1) is 11.7 Å². The zero-order valence-corrected chi connectivity index (χ0v) is 27.2. The summed E-state index contributed by atoms with van der Waals surface area (Å²) in [7, 11) is 2.01. The standard InChI is InChI=1S/C33H48FN7O4/c1-6-28(42)36-26(32(45)40-18-17-39(5)21-33(40,3)4)20-22-13-14-25(24(34)19-22)37-31(44)29(23-11-9-8-10-12-23)38-30(43)27-15-16-35-41(27)7-2/h13-16,19,23,26,29H,6-12,17-18,20-21H2,1-5H3,(H,36,42)(H,37,44)(H,38,43)/t26-,29+/m1/s1. The molecule has 0 spiro atoms. The van der Waals surface area contributed by atoms with E-state index in [-0.39, 0.29) is 36.3 Å². The number of anilines is 1. The molecule has 2 aromatic rings. The Kier molecular flexibility index (Phi) is 11.4. The number of aryl methyl sites for hydroxylation is 1. The van der Waals surface area contributed by atoms with Crippen LogP contribution >= 0.6 is 0 Å². The lowest BCUT2D eigenvalue weighted by Gasteiger charge is -2.47. The number of carbonyl (C=O) groups is 4. The molecule has 11 nitrogen and oxygen atoms in total. The van der Waals surface area contributed by atoms with E-state index in [2.05, 4.69) is 25.9 Å². The van der Waals surface area contributed by atoms with E-state index in [1.165, 1.54) is 12.1 Å². The van der Waals surface area contributed by atoms with Gasteiger partial charge in [0.15, 0.2) is 0 Å². The average Bonchev–Trinajstić information content (AvgIpc) is 3.49. The van der Waals surface area contributed by atoms with Crippen molar-refractivity contribution in [3.05, 3.63) is 47.5 Å². The molecular weight excluding hydrogens is 577 g/mol. The summed E-state index contributed by atoms with van der Waals surface area (Å²) >= 11 is 0. The Labute approximate surface area is 265 Å². The van der Waals surface area contributed by atoms with Crippen LogP contribution in [0.5, 0.6) is 0 Å². The van der Waals surface area contributed by atoms with Crippen LogP contribution in [0.3, 0.4) is 0 Å². The first-order valence-electron chi connectivity index (χ1n) is 16.1. The summed E-state index contributed by atoms with van der Waals surface area (Å²) in [6.45, 7) is 10.0. The number of hydrogen-bond acceptors (Lipinski definition) is 6. The largest absolute Gasteiger partial charge is 0.344 e. The van der Waals surface area contributed by atoms with E-state index in [1.54, 1.807) is 34.8 Å². The fourth-order valence-electron chi connectivity index (χ4n) is 6.58. The van der Waals surface area contributed by atoms with Gasteiger partial charge >= 0.3 is 0 Å². The van der Waals surface area contributed by atoms with E-state index < -0.39 is 35.3 Å². The summed E-state index contributed by atoms with van der Waals surface area (Å²) in [5.41, 5.74) is 0.426. The molecule has 246 valence electrons. The fourth-order valence-corrected chi connectivity index (χ4v) is 6.58. The first kappa shape index (κ1) is 34.1. The van der Waals surface area contributed by atoms with Gasteiger partial charge in [-0.2, -0.15) is 5.10 Å². The molecule has 45 heavy (non-hydrogen) atoms. The van der Waals surface area contributed by atoms with E-state index in [0.717, 1.165) is 38.6 Å². The normalized spacial score (nSPS) is 18.6. The smallest absolute Gasteiger partial charge is 0.270 e. The molecule has 2 aliphatic rings. The van der Waals surface area contributed by atoms with E-state index in [9.17, 15) is 19.2 Å². The number of likely N-dealkylation sites (N-methyl/N-ethyl adjacent to an activating group) is 1. The summed E-state index contributed by atoms with van der Waals surface area (Å²) in [6.07, 6.45) is 6.43. The van der Waals surface area contributed by atoms with Gasteiger partial charge in [-0.1, -0.05) is 32.3 Å². The number of piperazine rings is 1. The molecule has 4 amide bonds. The van der Waals surface area contributed by atoms with Gasteiger partial charge in [0, 0.05) is 45.2 Å². The summed E-state index contributed by atoms with van der Waals surface area (Å²) in [4.78, 5) is 56.8. The summed E-state index contributed by atoms with van der Waals surface area (Å²) < 4.78 is 17.1. The van der Waals surface area contributed by atoms with E-state index in [1.807, 2.05) is 27.8 Å². The number of halogens is 1. The highest BCUT2D eigenvalue weighted by atomic mass is 19.1. The number of aromatic nitrogens is 2. The topological polar surface area (TPSA) is 129 Å². The highest BCUT2D eigenvalue weighted by Crippen LogP contribution is 2.28. The van der Waals surface area contributed by atoms with Crippen LogP contribution in [-0.4, -0.2) is 87.5 Å². The molecule has 1 aliphatic carbocycles. The zero-order valence-electron chi connectivity index (χ0n) is 27.2. The molecule has 12 heteroatoms. The Hall–Kier alpha value is -3.80. The molecule has 1 aliphatic heterocycles. The predicted octanol–water partition coefficient (Wildman–Crippen LogP) is 3.35. The molecule has 1 aromatic heterocycles. The average molecular weight is 626 g/mol. The lowest BCUT2D eigenvalue weighted by molar-refractivity contribution is -0.144. The Bertz CT molecular complexity index is 1370. The van der Waals surface area contributed by atoms with Gasteiger partial charge in [0.1, 0.15) is 23.6 Å². The summed E-state index contributed by atoms with van der Waals surface area (Å²) in [5, 5.41) is 12.6. The second kappa shape index (κ2) is 15.0. The third kappa shape index (κ3) is 8.47.